The third-order valence-corrected chi connectivity index (χ3v) is 6.21. The zero-order valence-corrected chi connectivity index (χ0v) is 16.9. The van der Waals surface area contributed by atoms with Crippen molar-refractivity contribution in [3.8, 4) is 11.6 Å². The number of piperazine rings is 1. The van der Waals surface area contributed by atoms with Gasteiger partial charge in [-0.15, -0.1) is 0 Å². The second-order valence-corrected chi connectivity index (χ2v) is 8.24. The van der Waals surface area contributed by atoms with E-state index in [1.165, 1.54) is 12.8 Å². The van der Waals surface area contributed by atoms with Gasteiger partial charge in [0.1, 0.15) is 5.82 Å². The summed E-state index contributed by atoms with van der Waals surface area (Å²) in [7, 11) is 0. The summed E-state index contributed by atoms with van der Waals surface area (Å²) in [5.74, 6) is 2.60. The van der Waals surface area contributed by atoms with Gasteiger partial charge < -0.3 is 14.2 Å². The number of rotatable bonds is 3. The molecule has 0 bridgehead atoms. The standard InChI is InChI=1S/C22H23ClN4O2/c23-16-7-8-17-18(14-16)24-20(19-6-3-13-29-19)25-21(17)26-9-11-27(12-10-26)22(28)15-4-1-2-5-15/h3,6-8,13-15H,1-2,4-5,9-12H2. The van der Waals surface area contributed by atoms with Gasteiger partial charge in [0.05, 0.1) is 11.8 Å². The number of hydrogen-bond donors (Lipinski definition) is 0. The van der Waals surface area contributed by atoms with Crippen LogP contribution in [-0.4, -0.2) is 47.0 Å². The second-order valence-electron chi connectivity index (χ2n) is 7.80. The van der Waals surface area contributed by atoms with Crippen molar-refractivity contribution in [2.24, 2.45) is 5.92 Å². The van der Waals surface area contributed by atoms with E-state index >= 15 is 0 Å². The second kappa shape index (κ2) is 7.67. The lowest BCUT2D eigenvalue weighted by Gasteiger charge is -2.37. The largest absolute Gasteiger partial charge is 0.461 e. The first-order chi connectivity index (χ1) is 14.2. The number of fused-ring (bicyclic) bond motifs is 1. The van der Waals surface area contributed by atoms with Gasteiger partial charge in [0, 0.05) is 42.5 Å². The Morgan fingerprint density at radius 1 is 1.07 bits per heavy atom. The van der Waals surface area contributed by atoms with Crippen molar-refractivity contribution in [2.75, 3.05) is 31.1 Å². The number of carbonyl (C=O) groups excluding carboxylic acids is 1. The molecule has 150 valence electrons. The lowest BCUT2D eigenvalue weighted by Crippen LogP contribution is -2.50. The van der Waals surface area contributed by atoms with E-state index in [0.29, 0.717) is 22.5 Å². The molecule has 0 unspecified atom stereocenters. The van der Waals surface area contributed by atoms with Gasteiger partial charge in [-0.05, 0) is 43.2 Å². The van der Waals surface area contributed by atoms with Crippen molar-refractivity contribution in [1.29, 1.82) is 0 Å². The van der Waals surface area contributed by atoms with Crippen LogP contribution >= 0.6 is 11.6 Å². The van der Waals surface area contributed by atoms with Gasteiger partial charge in [-0.1, -0.05) is 24.4 Å². The molecule has 2 aliphatic rings. The SMILES string of the molecule is O=C(C1CCCC1)N1CCN(c2nc(-c3ccco3)nc3cc(Cl)ccc23)CC1. The average molecular weight is 411 g/mol. The van der Waals surface area contributed by atoms with Crippen LogP contribution in [0, 0.1) is 5.92 Å². The molecule has 3 aromatic rings. The number of anilines is 1. The highest BCUT2D eigenvalue weighted by Crippen LogP contribution is 2.31. The fraction of sp³-hybridized carbons (Fsp3) is 0.409. The van der Waals surface area contributed by atoms with E-state index in [1.807, 2.05) is 35.2 Å². The van der Waals surface area contributed by atoms with Crippen molar-refractivity contribution < 1.29 is 9.21 Å². The van der Waals surface area contributed by atoms with Gasteiger partial charge in [-0.25, -0.2) is 9.97 Å². The monoisotopic (exact) mass is 410 g/mol. The first kappa shape index (κ1) is 18.4. The molecule has 0 atom stereocenters. The maximum Gasteiger partial charge on any atom is 0.225 e. The normalized spacial score (nSPS) is 18.0. The highest BCUT2D eigenvalue weighted by Gasteiger charge is 2.30. The molecule has 7 heteroatoms. The summed E-state index contributed by atoms with van der Waals surface area (Å²) in [6.45, 7) is 2.96. The van der Waals surface area contributed by atoms with E-state index in [9.17, 15) is 4.79 Å². The fourth-order valence-electron chi connectivity index (χ4n) is 4.41. The summed E-state index contributed by atoms with van der Waals surface area (Å²) in [6, 6.07) is 9.37. The van der Waals surface area contributed by atoms with Crippen molar-refractivity contribution in [3.05, 3.63) is 41.6 Å². The molecule has 6 nitrogen and oxygen atoms in total. The zero-order valence-electron chi connectivity index (χ0n) is 16.2. The smallest absolute Gasteiger partial charge is 0.225 e. The van der Waals surface area contributed by atoms with Crippen LogP contribution in [0.4, 0.5) is 5.82 Å². The quantitative estimate of drug-likeness (QED) is 0.641. The van der Waals surface area contributed by atoms with Crippen LogP contribution in [-0.2, 0) is 4.79 Å². The topological polar surface area (TPSA) is 62.5 Å². The lowest BCUT2D eigenvalue weighted by atomic mass is 10.1. The van der Waals surface area contributed by atoms with E-state index in [1.54, 1.807) is 6.26 Å². The number of halogens is 1. The predicted octanol–water partition coefficient (Wildman–Crippen LogP) is 4.38. The van der Waals surface area contributed by atoms with Gasteiger partial charge in [0.25, 0.3) is 0 Å². The van der Waals surface area contributed by atoms with Crippen LogP contribution in [0.5, 0.6) is 0 Å². The molecule has 2 aromatic heterocycles. The van der Waals surface area contributed by atoms with E-state index in [-0.39, 0.29) is 5.92 Å². The minimum atomic E-state index is 0.231. The summed E-state index contributed by atoms with van der Waals surface area (Å²) >= 11 is 6.21. The summed E-state index contributed by atoms with van der Waals surface area (Å²) in [5.41, 5.74) is 0.790. The van der Waals surface area contributed by atoms with Crippen molar-refractivity contribution in [2.45, 2.75) is 25.7 Å². The Bertz CT molecular complexity index is 1020. The molecule has 0 spiro atoms. The Morgan fingerprint density at radius 2 is 1.86 bits per heavy atom. The van der Waals surface area contributed by atoms with Gasteiger partial charge in [0.15, 0.2) is 11.6 Å². The third-order valence-electron chi connectivity index (χ3n) is 5.98. The minimum Gasteiger partial charge on any atom is -0.461 e. The van der Waals surface area contributed by atoms with Crippen molar-refractivity contribution in [1.82, 2.24) is 14.9 Å². The van der Waals surface area contributed by atoms with E-state index in [4.69, 9.17) is 21.0 Å². The number of amides is 1. The number of hydrogen-bond acceptors (Lipinski definition) is 5. The zero-order chi connectivity index (χ0) is 19.8. The van der Waals surface area contributed by atoms with E-state index < -0.39 is 0 Å². The molecule has 1 aliphatic carbocycles. The number of nitrogens with zero attached hydrogens (tertiary/aromatic N) is 4. The van der Waals surface area contributed by atoms with Crippen LogP contribution in [0.15, 0.2) is 41.0 Å². The Labute approximate surface area is 174 Å². The molecule has 1 aliphatic heterocycles. The Balaban J connectivity index is 1.43. The molecule has 0 N–H and O–H groups in total. The third kappa shape index (κ3) is 3.57. The maximum atomic E-state index is 12.8. The molecule has 3 heterocycles. The van der Waals surface area contributed by atoms with Crippen LogP contribution < -0.4 is 4.90 Å². The highest BCUT2D eigenvalue weighted by molar-refractivity contribution is 6.31. The molecule has 0 radical (unpaired) electrons. The molecule has 1 amide bonds. The molecular formula is C22H23ClN4O2. The summed E-state index contributed by atoms with van der Waals surface area (Å²) in [5, 5.41) is 1.60. The van der Waals surface area contributed by atoms with E-state index in [0.717, 1.165) is 55.7 Å². The van der Waals surface area contributed by atoms with Gasteiger partial charge in [0.2, 0.25) is 5.91 Å². The lowest BCUT2D eigenvalue weighted by molar-refractivity contribution is -0.135. The van der Waals surface area contributed by atoms with Crippen LogP contribution in [0.25, 0.3) is 22.5 Å². The Morgan fingerprint density at radius 3 is 2.59 bits per heavy atom. The number of carbonyl (C=O) groups is 1. The molecule has 5 rings (SSSR count). The van der Waals surface area contributed by atoms with Gasteiger partial charge >= 0.3 is 0 Å². The van der Waals surface area contributed by atoms with Crippen molar-refractivity contribution >= 4 is 34.2 Å². The summed E-state index contributed by atoms with van der Waals surface area (Å²) in [4.78, 5) is 26.5. The van der Waals surface area contributed by atoms with Crippen molar-refractivity contribution in [3.63, 3.8) is 0 Å². The Hall–Kier alpha value is -2.60. The highest BCUT2D eigenvalue weighted by atomic mass is 35.5. The van der Waals surface area contributed by atoms with Crippen LogP contribution in [0.2, 0.25) is 5.02 Å². The van der Waals surface area contributed by atoms with Crippen LogP contribution in [0.3, 0.4) is 0 Å². The summed E-state index contributed by atoms with van der Waals surface area (Å²) < 4.78 is 5.52. The maximum absolute atomic E-state index is 12.8. The first-order valence-electron chi connectivity index (χ1n) is 10.2. The fourth-order valence-corrected chi connectivity index (χ4v) is 4.58. The molecule has 1 aromatic carbocycles. The Kier molecular flexibility index (Phi) is 4.87. The van der Waals surface area contributed by atoms with E-state index in [2.05, 4.69) is 9.88 Å². The van der Waals surface area contributed by atoms with Gasteiger partial charge in [-0.2, -0.15) is 0 Å². The average Bonchev–Trinajstić information content (AvgIpc) is 3.46. The number of benzene rings is 1. The van der Waals surface area contributed by atoms with Crippen LogP contribution in [0.1, 0.15) is 25.7 Å². The molecule has 1 saturated carbocycles. The van der Waals surface area contributed by atoms with Gasteiger partial charge in [-0.3, -0.25) is 4.79 Å². The summed E-state index contributed by atoms with van der Waals surface area (Å²) in [6.07, 6.45) is 6.07. The molecule has 1 saturated heterocycles. The first-order valence-corrected chi connectivity index (χ1v) is 10.6. The molecule has 29 heavy (non-hydrogen) atoms. The molecular weight excluding hydrogens is 388 g/mol. The number of aromatic nitrogens is 2. The molecule has 2 fully saturated rings. The minimum absolute atomic E-state index is 0.231. The number of furan rings is 1. The predicted molar refractivity (Wildman–Crippen MR) is 113 cm³/mol.